The van der Waals surface area contributed by atoms with Crippen LogP contribution in [0.25, 0.3) is 0 Å². The van der Waals surface area contributed by atoms with E-state index in [0.29, 0.717) is 43.5 Å². The van der Waals surface area contributed by atoms with Gasteiger partial charge in [0, 0.05) is 24.6 Å². The number of alkyl halides is 1. The number of benzene rings is 3. The molecule has 0 saturated heterocycles. The van der Waals surface area contributed by atoms with Gasteiger partial charge in [-0.25, -0.2) is 4.39 Å². The number of rotatable bonds is 13. The van der Waals surface area contributed by atoms with Crippen molar-refractivity contribution in [2.24, 2.45) is 23.2 Å². The number of amides is 1. The van der Waals surface area contributed by atoms with Crippen LogP contribution in [0.4, 0.5) is 4.39 Å². The van der Waals surface area contributed by atoms with Crippen LogP contribution in [0.15, 0.2) is 72.8 Å². The number of nitrogens with zero attached hydrogens (tertiary/aromatic N) is 1. The van der Waals surface area contributed by atoms with Gasteiger partial charge in [0.15, 0.2) is 0 Å². The molecule has 0 unspecified atom stereocenters. The molecule has 0 aromatic heterocycles. The molecule has 0 spiro atoms. The average molecular weight is 642 g/mol. The molecule has 3 aromatic rings. The fourth-order valence-corrected chi connectivity index (χ4v) is 9.40. The van der Waals surface area contributed by atoms with Gasteiger partial charge >= 0.3 is 0 Å². The number of fused-ring (bicyclic) bond motifs is 5. The SMILES string of the molecule is CCOc1ccc(C(=O)N(CCCCC[C@@H]2Cc3cc(O)ccc3[C@@H]3[C@@H]2[C@@H]2CC[C@H](O)[C@@]2(C)C[C@@H]3F)CCCc2ccccc2)cc1. The Balaban J connectivity index is 1.10. The van der Waals surface area contributed by atoms with Gasteiger partial charge in [-0.05, 0) is 135 Å². The van der Waals surface area contributed by atoms with Crippen molar-refractivity contribution in [3.8, 4) is 11.5 Å². The van der Waals surface area contributed by atoms with Gasteiger partial charge in [-0.1, -0.05) is 56.2 Å². The second-order valence-corrected chi connectivity index (χ2v) is 14.6. The molecule has 0 bridgehead atoms. The van der Waals surface area contributed by atoms with Gasteiger partial charge in [-0.3, -0.25) is 4.79 Å². The maximum atomic E-state index is 16.1. The summed E-state index contributed by atoms with van der Waals surface area (Å²) in [5.74, 6) is 1.74. The summed E-state index contributed by atoms with van der Waals surface area (Å²) in [4.78, 5) is 15.7. The molecule has 5 nitrogen and oxygen atoms in total. The number of carbonyl (C=O) groups is 1. The quantitative estimate of drug-likeness (QED) is 0.184. The van der Waals surface area contributed by atoms with E-state index in [0.717, 1.165) is 74.7 Å². The Bertz CT molecular complexity index is 1480. The van der Waals surface area contributed by atoms with Crippen LogP contribution in [0.3, 0.4) is 0 Å². The van der Waals surface area contributed by atoms with Crippen molar-refractivity contribution in [1.82, 2.24) is 4.90 Å². The number of ether oxygens (including phenoxy) is 1. The molecule has 6 heteroatoms. The van der Waals surface area contributed by atoms with Gasteiger partial charge in [0.25, 0.3) is 5.91 Å². The van der Waals surface area contributed by atoms with E-state index in [1.54, 1.807) is 6.07 Å². The predicted molar refractivity (Wildman–Crippen MR) is 185 cm³/mol. The first-order chi connectivity index (χ1) is 22.8. The van der Waals surface area contributed by atoms with E-state index in [1.807, 2.05) is 54.3 Å². The van der Waals surface area contributed by atoms with E-state index in [1.165, 1.54) is 5.56 Å². The van der Waals surface area contributed by atoms with Gasteiger partial charge in [0.1, 0.15) is 17.7 Å². The second kappa shape index (κ2) is 14.8. The van der Waals surface area contributed by atoms with Crippen molar-refractivity contribution in [2.45, 2.75) is 96.2 Å². The van der Waals surface area contributed by atoms with Gasteiger partial charge < -0.3 is 19.8 Å². The monoisotopic (exact) mass is 641 g/mol. The largest absolute Gasteiger partial charge is 0.508 e. The van der Waals surface area contributed by atoms with Crippen LogP contribution in [-0.2, 0) is 12.8 Å². The number of aliphatic hydroxyl groups is 1. The van der Waals surface area contributed by atoms with Crippen LogP contribution in [0, 0.1) is 23.2 Å². The van der Waals surface area contributed by atoms with Crippen LogP contribution < -0.4 is 4.74 Å². The molecule has 2 N–H and O–H groups in total. The minimum Gasteiger partial charge on any atom is -0.508 e. The highest BCUT2D eigenvalue weighted by Crippen LogP contribution is 2.63. The summed E-state index contributed by atoms with van der Waals surface area (Å²) in [7, 11) is 0. The molecule has 6 rings (SSSR count). The van der Waals surface area contributed by atoms with Crippen LogP contribution in [0.2, 0.25) is 0 Å². The summed E-state index contributed by atoms with van der Waals surface area (Å²) in [6, 6.07) is 23.4. The number of unbranched alkanes of at least 4 members (excludes halogenated alkanes) is 2. The van der Waals surface area contributed by atoms with E-state index in [-0.39, 0.29) is 28.9 Å². The zero-order valence-electron chi connectivity index (χ0n) is 28.1. The van der Waals surface area contributed by atoms with E-state index in [4.69, 9.17) is 4.74 Å². The first-order valence-corrected chi connectivity index (χ1v) is 18.0. The van der Waals surface area contributed by atoms with E-state index < -0.39 is 12.3 Å². The van der Waals surface area contributed by atoms with E-state index in [2.05, 4.69) is 31.2 Å². The van der Waals surface area contributed by atoms with Crippen molar-refractivity contribution >= 4 is 5.91 Å². The molecule has 2 fully saturated rings. The number of phenolic OH excluding ortho intramolecular Hbond substituents is 1. The highest BCUT2D eigenvalue weighted by Gasteiger charge is 2.59. The molecule has 0 heterocycles. The van der Waals surface area contributed by atoms with E-state index in [9.17, 15) is 15.0 Å². The zero-order valence-corrected chi connectivity index (χ0v) is 28.1. The molecule has 47 heavy (non-hydrogen) atoms. The summed E-state index contributed by atoms with van der Waals surface area (Å²) < 4.78 is 21.7. The highest BCUT2D eigenvalue weighted by molar-refractivity contribution is 5.94. The number of aryl methyl sites for hydroxylation is 1. The molecule has 0 aliphatic heterocycles. The summed E-state index contributed by atoms with van der Waals surface area (Å²) in [6.07, 6.45) is 7.31. The Hall–Kier alpha value is -3.38. The van der Waals surface area contributed by atoms with Gasteiger partial charge in [0.05, 0.1) is 12.7 Å². The number of phenols is 1. The molecule has 7 atom stereocenters. The van der Waals surface area contributed by atoms with Crippen molar-refractivity contribution in [3.05, 3.63) is 95.1 Å². The zero-order chi connectivity index (χ0) is 33.0. The molecule has 3 aliphatic carbocycles. The third kappa shape index (κ3) is 7.23. The number of aromatic hydroxyl groups is 1. The summed E-state index contributed by atoms with van der Waals surface area (Å²) in [5.41, 5.74) is 3.76. The predicted octanol–water partition coefficient (Wildman–Crippen LogP) is 8.52. The third-order valence-electron chi connectivity index (χ3n) is 11.7. The molecule has 3 aromatic carbocycles. The molecule has 2 saturated carbocycles. The summed E-state index contributed by atoms with van der Waals surface area (Å²) in [6.45, 7) is 6.07. The summed E-state index contributed by atoms with van der Waals surface area (Å²) >= 11 is 0. The number of halogens is 1. The molecular formula is C41H52FNO4. The normalized spacial score (nSPS) is 27.8. The first-order valence-electron chi connectivity index (χ1n) is 18.0. The standard InChI is InChI=1S/C41H52FNO4/c1-3-47-33-18-15-29(16-19-33)40(46)43(24-10-13-28-11-6-4-7-12-28)23-9-5-8-14-30-25-31-26-32(44)17-20-34(31)39-36(42)27-41(2)35(38(30)39)21-22-37(41)45/h4,6-7,11-12,15-20,26,30,35-39,44-45H,3,5,8-10,13-14,21-25,27H2,1-2H3/t30-,35+,36+,37+,38+,39+,41+/m1/s1. The lowest BCUT2D eigenvalue weighted by Gasteiger charge is -2.54. The Labute approximate surface area is 280 Å². The van der Waals surface area contributed by atoms with Crippen LogP contribution in [-0.4, -0.2) is 53.0 Å². The van der Waals surface area contributed by atoms with Crippen LogP contribution in [0.5, 0.6) is 11.5 Å². The average Bonchev–Trinajstić information content (AvgIpc) is 3.37. The number of hydrogen-bond acceptors (Lipinski definition) is 4. The van der Waals surface area contributed by atoms with Crippen LogP contribution in [0.1, 0.15) is 98.2 Å². The molecular weight excluding hydrogens is 589 g/mol. The smallest absolute Gasteiger partial charge is 0.253 e. The molecule has 1 amide bonds. The van der Waals surface area contributed by atoms with E-state index >= 15 is 4.39 Å². The Morgan fingerprint density at radius 3 is 2.51 bits per heavy atom. The van der Waals surface area contributed by atoms with Crippen molar-refractivity contribution in [2.75, 3.05) is 19.7 Å². The Morgan fingerprint density at radius 1 is 0.979 bits per heavy atom. The number of carbonyl (C=O) groups excluding carboxylic acids is 1. The minimum atomic E-state index is -0.988. The maximum absolute atomic E-state index is 16.1. The van der Waals surface area contributed by atoms with Crippen molar-refractivity contribution in [3.63, 3.8) is 0 Å². The Kier molecular flexibility index (Phi) is 10.6. The van der Waals surface area contributed by atoms with Crippen molar-refractivity contribution in [1.29, 1.82) is 0 Å². The number of aliphatic hydroxyl groups excluding tert-OH is 1. The van der Waals surface area contributed by atoms with Gasteiger partial charge in [0.2, 0.25) is 0 Å². The lowest BCUT2D eigenvalue weighted by atomic mass is 9.51. The highest BCUT2D eigenvalue weighted by atomic mass is 19.1. The second-order valence-electron chi connectivity index (χ2n) is 14.6. The lowest BCUT2D eigenvalue weighted by molar-refractivity contribution is -0.0722. The minimum absolute atomic E-state index is 0.0583. The van der Waals surface area contributed by atoms with Crippen LogP contribution >= 0.6 is 0 Å². The van der Waals surface area contributed by atoms with Gasteiger partial charge in [-0.15, -0.1) is 0 Å². The van der Waals surface area contributed by atoms with Gasteiger partial charge in [-0.2, -0.15) is 0 Å². The fourth-order valence-electron chi connectivity index (χ4n) is 9.40. The third-order valence-corrected chi connectivity index (χ3v) is 11.7. The lowest BCUT2D eigenvalue weighted by Crippen LogP contribution is -2.51. The molecule has 3 aliphatic rings. The maximum Gasteiger partial charge on any atom is 0.253 e. The Morgan fingerprint density at radius 2 is 1.74 bits per heavy atom. The van der Waals surface area contributed by atoms with Crippen molar-refractivity contribution < 1.29 is 24.1 Å². The summed E-state index contributed by atoms with van der Waals surface area (Å²) in [5, 5.41) is 21.2. The first kappa shape index (κ1) is 33.5. The number of hydrogen-bond donors (Lipinski definition) is 2. The molecule has 252 valence electrons. The topological polar surface area (TPSA) is 70.0 Å². The fraction of sp³-hybridized carbons (Fsp3) is 0.537. The molecule has 0 radical (unpaired) electrons.